The molecule has 0 aliphatic rings. The molecular formula is C12H17N5OS. The highest BCUT2D eigenvalue weighted by atomic mass is 32.2. The van der Waals surface area contributed by atoms with Crippen LogP contribution in [0.25, 0.3) is 0 Å². The lowest BCUT2D eigenvalue weighted by molar-refractivity contribution is 0.384. The van der Waals surface area contributed by atoms with Gasteiger partial charge in [0.05, 0.1) is 5.75 Å². The van der Waals surface area contributed by atoms with Crippen LogP contribution < -0.4 is 5.73 Å². The number of hydrogen-bond acceptors (Lipinski definition) is 7. The van der Waals surface area contributed by atoms with Gasteiger partial charge in [-0.2, -0.15) is 4.98 Å². The molecule has 0 bridgehead atoms. The minimum atomic E-state index is 0.476. The molecular weight excluding hydrogens is 262 g/mol. The van der Waals surface area contributed by atoms with Crippen LogP contribution in [0.5, 0.6) is 0 Å². The second-order valence-electron chi connectivity index (χ2n) is 4.21. The van der Waals surface area contributed by atoms with E-state index in [-0.39, 0.29) is 0 Å². The van der Waals surface area contributed by atoms with Crippen molar-refractivity contribution in [3.05, 3.63) is 23.5 Å². The van der Waals surface area contributed by atoms with Gasteiger partial charge in [-0.3, -0.25) is 0 Å². The summed E-state index contributed by atoms with van der Waals surface area (Å²) >= 11 is 1.44. The number of nitrogens with two attached hydrogens (primary N) is 1. The van der Waals surface area contributed by atoms with E-state index in [2.05, 4.69) is 27.0 Å². The minimum absolute atomic E-state index is 0.476. The lowest BCUT2D eigenvalue weighted by Gasteiger charge is -2.00. The zero-order valence-electron chi connectivity index (χ0n) is 11.1. The highest BCUT2D eigenvalue weighted by Crippen LogP contribution is 2.19. The summed E-state index contributed by atoms with van der Waals surface area (Å²) in [7, 11) is 0. The third kappa shape index (κ3) is 4.20. The lowest BCUT2D eigenvalue weighted by atomic mass is 10.2. The van der Waals surface area contributed by atoms with Crippen LogP contribution >= 0.6 is 11.8 Å². The molecule has 0 spiro atoms. The lowest BCUT2D eigenvalue weighted by Crippen LogP contribution is -1.96. The largest absolute Gasteiger partial charge is 0.384 e. The van der Waals surface area contributed by atoms with Crippen molar-refractivity contribution in [2.24, 2.45) is 0 Å². The Balaban J connectivity index is 1.92. The van der Waals surface area contributed by atoms with Crippen LogP contribution in [-0.2, 0) is 12.2 Å². The van der Waals surface area contributed by atoms with Crippen molar-refractivity contribution in [1.29, 1.82) is 0 Å². The van der Waals surface area contributed by atoms with E-state index >= 15 is 0 Å². The van der Waals surface area contributed by atoms with E-state index in [1.54, 1.807) is 6.07 Å². The molecule has 0 radical (unpaired) electrons. The van der Waals surface area contributed by atoms with Crippen molar-refractivity contribution >= 4 is 17.6 Å². The molecule has 0 saturated carbocycles. The Kier molecular flexibility index (Phi) is 4.73. The van der Waals surface area contributed by atoms with Crippen molar-refractivity contribution in [3.8, 4) is 0 Å². The van der Waals surface area contributed by atoms with Crippen LogP contribution in [0.2, 0.25) is 0 Å². The van der Waals surface area contributed by atoms with Crippen LogP contribution in [0.4, 0.5) is 5.82 Å². The molecule has 0 saturated heterocycles. The number of hydrogen-bond donors (Lipinski definition) is 1. The van der Waals surface area contributed by atoms with Gasteiger partial charge in [0.25, 0.3) is 0 Å². The van der Waals surface area contributed by atoms with Crippen LogP contribution in [-0.4, -0.2) is 20.1 Å². The number of aryl methyl sites for hydroxylation is 2. The predicted molar refractivity (Wildman–Crippen MR) is 73.7 cm³/mol. The van der Waals surface area contributed by atoms with E-state index in [1.165, 1.54) is 11.8 Å². The normalized spacial score (nSPS) is 10.8. The summed E-state index contributed by atoms with van der Waals surface area (Å²) in [5.74, 6) is 2.40. The van der Waals surface area contributed by atoms with Crippen LogP contribution in [0.1, 0.15) is 37.2 Å². The van der Waals surface area contributed by atoms with Gasteiger partial charge in [0.1, 0.15) is 5.82 Å². The maximum absolute atomic E-state index is 5.67. The Morgan fingerprint density at radius 1 is 1.32 bits per heavy atom. The third-order valence-corrected chi connectivity index (χ3v) is 3.27. The van der Waals surface area contributed by atoms with Crippen LogP contribution in [0, 0.1) is 6.92 Å². The van der Waals surface area contributed by atoms with Crippen LogP contribution in [0.15, 0.2) is 15.7 Å². The summed E-state index contributed by atoms with van der Waals surface area (Å²) in [6.45, 7) is 4.02. The molecule has 2 heterocycles. The standard InChI is InChI=1S/C12H17N5OS/c1-3-4-5-10-16-11(18-17-10)7-19-12-14-8(2)6-9(13)15-12/h6H,3-5,7H2,1-2H3,(H2,13,14,15). The highest BCUT2D eigenvalue weighted by molar-refractivity contribution is 7.98. The zero-order chi connectivity index (χ0) is 13.7. The van der Waals surface area contributed by atoms with Gasteiger partial charge >= 0.3 is 0 Å². The van der Waals surface area contributed by atoms with Gasteiger partial charge in [-0.15, -0.1) is 0 Å². The Bertz CT molecular complexity index is 522. The van der Waals surface area contributed by atoms with Gasteiger partial charge in [-0.1, -0.05) is 30.3 Å². The number of aromatic nitrogens is 4. The van der Waals surface area contributed by atoms with Gasteiger partial charge < -0.3 is 10.3 Å². The molecule has 19 heavy (non-hydrogen) atoms. The molecule has 2 rings (SSSR count). The summed E-state index contributed by atoms with van der Waals surface area (Å²) in [6, 6.07) is 1.74. The second kappa shape index (κ2) is 6.51. The fraction of sp³-hybridized carbons (Fsp3) is 0.500. The summed E-state index contributed by atoms with van der Waals surface area (Å²) in [6.07, 6.45) is 3.05. The Morgan fingerprint density at radius 3 is 2.89 bits per heavy atom. The number of nitrogens with zero attached hydrogens (tertiary/aromatic N) is 4. The number of rotatable bonds is 6. The summed E-state index contributed by atoms with van der Waals surface area (Å²) < 4.78 is 5.18. The van der Waals surface area contributed by atoms with Gasteiger partial charge in [-0.25, -0.2) is 9.97 Å². The first-order chi connectivity index (χ1) is 9.17. The van der Waals surface area contributed by atoms with Crippen molar-refractivity contribution in [1.82, 2.24) is 20.1 Å². The molecule has 2 N–H and O–H groups in total. The zero-order valence-corrected chi connectivity index (χ0v) is 11.9. The number of anilines is 1. The first kappa shape index (κ1) is 13.8. The monoisotopic (exact) mass is 279 g/mol. The molecule has 6 nitrogen and oxygen atoms in total. The number of thioether (sulfide) groups is 1. The molecule has 7 heteroatoms. The maximum Gasteiger partial charge on any atom is 0.237 e. The molecule has 0 atom stereocenters. The van der Waals surface area contributed by atoms with Crippen LogP contribution in [0.3, 0.4) is 0 Å². The first-order valence-electron chi connectivity index (χ1n) is 6.22. The molecule has 0 aliphatic carbocycles. The number of nitrogen functional groups attached to an aromatic ring is 1. The van der Waals surface area contributed by atoms with E-state index in [4.69, 9.17) is 10.3 Å². The fourth-order valence-electron chi connectivity index (χ4n) is 1.54. The fourth-order valence-corrected chi connectivity index (χ4v) is 2.29. The quantitative estimate of drug-likeness (QED) is 0.641. The summed E-state index contributed by atoms with van der Waals surface area (Å²) in [5.41, 5.74) is 6.52. The van der Waals surface area contributed by atoms with Gasteiger partial charge in [0.2, 0.25) is 5.89 Å². The third-order valence-electron chi connectivity index (χ3n) is 2.44. The Hall–Kier alpha value is -1.63. The molecule has 0 aliphatic heterocycles. The Morgan fingerprint density at radius 2 is 2.16 bits per heavy atom. The van der Waals surface area contributed by atoms with Crippen molar-refractivity contribution in [3.63, 3.8) is 0 Å². The van der Waals surface area contributed by atoms with Crippen molar-refractivity contribution in [2.75, 3.05) is 5.73 Å². The number of unbranched alkanes of at least 4 members (excludes halogenated alkanes) is 1. The van der Waals surface area contributed by atoms with E-state index in [0.717, 1.165) is 30.8 Å². The van der Waals surface area contributed by atoms with Crippen molar-refractivity contribution < 1.29 is 4.52 Å². The molecule has 0 amide bonds. The maximum atomic E-state index is 5.67. The molecule has 0 aromatic carbocycles. The topological polar surface area (TPSA) is 90.7 Å². The average molecular weight is 279 g/mol. The second-order valence-corrected chi connectivity index (χ2v) is 5.16. The van der Waals surface area contributed by atoms with E-state index in [0.29, 0.717) is 22.6 Å². The first-order valence-corrected chi connectivity index (χ1v) is 7.21. The van der Waals surface area contributed by atoms with Gasteiger partial charge in [0.15, 0.2) is 11.0 Å². The molecule has 0 fully saturated rings. The van der Waals surface area contributed by atoms with E-state index in [9.17, 15) is 0 Å². The highest BCUT2D eigenvalue weighted by Gasteiger charge is 2.08. The van der Waals surface area contributed by atoms with Gasteiger partial charge in [0, 0.05) is 18.2 Å². The predicted octanol–water partition coefficient (Wildman–Crippen LogP) is 2.39. The van der Waals surface area contributed by atoms with Gasteiger partial charge in [-0.05, 0) is 13.3 Å². The summed E-state index contributed by atoms with van der Waals surface area (Å²) in [5, 5.41) is 4.57. The molecule has 2 aromatic heterocycles. The smallest absolute Gasteiger partial charge is 0.237 e. The van der Waals surface area contributed by atoms with E-state index < -0.39 is 0 Å². The summed E-state index contributed by atoms with van der Waals surface area (Å²) in [4.78, 5) is 12.8. The van der Waals surface area contributed by atoms with Crippen molar-refractivity contribution in [2.45, 2.75) is 44.0 Å². The van der Waals surface area contributed by atoms with E-state index in [1.807, 2.05) is 6.92 Å². The SMILES string of the molecule is CCCCc1noc(CSc2nc(C)cc(N)n2)n1. The molecule has 0 unspecified atom stereocenters. The molecule has 2 aromatic rings. The minimum Gasteiger partial charge on any atom is -0.384 e. The average Bonchev–Trinajstić information content (AvgIpc) is 2.81. The molecule has 102 valence electrons. The Labute approximate surface area is 116 Å².